The highest BCUT2D eigenvalue weighted by Crippen LogP contribution is 2.24. The Morgan fingerprint density at radius 1 is 1.08 bits per heavy atom. The summed E-state index contributed by atoms with van der Waals surface area (Å²) >= 11 is 11.8. The van der Waals surface area contributed by atoms with Gasteiger partial charge in [0, 0.05) is 26.2 Å². The zero-order valence-electron chi connectivity index (χ0n) is 13.1. The van der Waals surface area contributed by atoms with E-state index in [0.717, 1.165) is 5.56 Å². The number of sulfonamides is 1. The molecule has 0 aliphatic carbocycles. The second-order valence-corrected chi connectivity index (χ2v) is 8.07. The van der Waals surface area contributed by atoms with Crippen molar-refractivity contribution in [1.82, 2.24) is 4.31 Å². The van der Waals surface area contributed by atoms with Crippen LogP contribution in [0.25, 0.3) is 0 Å². The fourth-order valence-corrected chi connectivity index (χ4v) is 3.55. The summed E-state index contributed by atoms with van der Waals surface area (Å²) in [4.78, 5) is 11.1. The molecule has 0 saturated heterocycles. The molecule has 128 valence electrons. The molecule has 0 saturated carbocycles. The highest BCUT2D eigenvalue weighted by Gasteiger charge is 2.21. The summed E-state index contributed by atoms with van der Waals surface area (Å²) in [6, 6.07) is 11.0. The summed E-state index contributed by atoms with van der Waals surface area (Å²) in [5.41, 5.74) is 1.26. The third-order valence-corrected chi connectivity index (χ3v) is 5.83. The van der Waals surface area contributed by atoms with Crippen molar-refractivity contribution in [1.29, 1.82) is 0 Å². The Labute approximate surface area is 151 Å². The van der Waals surface area contributed by atoms with Crippen LogP contribution >= 0.6 is 23.2 Å². The molecule has 2 aromatic rings. The van der Waals surface area contributed by atoms with Crippen molar-refractivity contribution in [2.45, 2.75) is 18.4 Å². The van der Waals surface area contributed by atoms with E-state index in [1.807, 2.05) is 0 Å². The molecule has 2 aromatic carbocycles. The Kier molecular flexibility index (Phi) is 5.87. The molecule has 0 heterocycles. The number of hydrogen-bond acceptors (Lipinski definition) is 3. The van der Waals surface area contributed by atoms with Gasteiger partial charge in [0.15, 0.2) is 0 Å². The predicted octanol–water partition coefficient (Wildman–Crippen LogP) is 3.77. The molecule has 0 aromatic heterocycles. The van der Waals surface area contributed by atoms with Gasteiger partial charge in [0.2, 0.25) is 15.9 Å². The Hall–Kier alpha value is -1.60. The molecule has 0 aliphatic heterocycles. The largest absolute Gasteiger partial charge is 0.326 e. The van der Waals surface area contributed by atoms with Crippen LogP contribution in [0.3, 0.4) is 0 Å². The maximum atomic E-state index is 12.6. The zero-order chi connectivity index (χ0) is 17.9. The van der Waals surface area contributed by atoms with Crippen molar-refractivity contribution < 1.29 is 13.2 Å². The summed E-state index contributed by atoms with van der Waals surface area (Å²) in [5.74, 6) is -0.220. The Bertz CT molecular complexity index is 852. The van der Waals surface area contributed by atoms with Gasteiger partial charge in [0.25, 0.3) is 0 Å². The number of benzene rings is 2. The summed E-state index contributed by atoms with van der Waals surface area (Å²) < 4.78 is 26.4. The van der Waals surface area contributed by atoms with E-state index in [0.29, 0.717) is 15.7 Å². The van der Waals surface area contributed by atoms with Crippen LogP contribution in [0, 0.1) is 0 Å². The van der Waals surface area contributed by atoms with Crippen LogP contribution in [0.15, 0.2) is 47.4 Å². The second kappa shape index (κ2) is 7.53. The standard InChI is InChI=1S/C16H16Cl2N2O3S/c1-11(21)19-13-4-6-14(7-5-13)24(22,23)20(2)10-12-3-8-15(17)16(18)9-12/h3-9H,10H2,1-2H3,(H,19,21). The smallest absolute Gasteiger partial charge is 0.243 e. The minimum absolute atomic E-state index is 0.138. The number of carbonyl (C=O) groups is 1. The molecule has 1 N–H and O–H groups in total. The average molecular weight is 387 g/mol. The molecule has 0 bridgehead atoms. The molecule has 0 fully saturated rings. The maximum absolute atomic E-state index is 12.6. The van der Waals surface area contributed by atoms with Gasteiger partial charge in [-0.2, -0.15) is 4.31 Å². The van der Waals surface area contributed by atoms with E-state index in [-0.39, 0.29) is 17.3 Å². The monoisotopic (exact) mass is 386 g/mol. The Balaban J connectivity index is 2.19. The highest BCUT2D eigenvalue weighted by molar-refractivity contribution is 7.89. The molecule has 0 spiro atoms. The van der Waals surface area contributed by atoms with E-state index in [4.69, 9.17) is 23.2 Å². The molecule has 5 nitrogen and oxygen atoms in total. The van der Waals surface area contributed by atoms with Crippen LogP contribution in [-0.4, -0.2) is 25.7 Å². The fraction of sp³-hybridized carbons (Fsp3) is 0.188. The number of rotatable bonds is 5. The van der Waals surface area contributed by atoms with Crippen molar-refractivity contribution in [3.8, 4) is 0 Å². The van der Waals surface area contributed by atoms with Gasteiger partial charge in [-0.25, -0.2) is 8.42 Å². The van der Waals surface area contributed by atoms with Gasteiger partial charge in [0.1, 0.15) is 0 Å². The van der Waals surface area contributed by atoms with E-state index in [9.17, 15) is 13.2 Å². The topological polar surface area (TPSA) is 66.5 Å². The minimum Gasteiger partial charge on any atom is -0.326 e. The molecular formula is C16H16Cl2N2O3S. The second-order valence-electron chi connectivity index (χ2n) is 5.22. The van der Waals surface area contributed by atoms with Crippen LogP contribution in [0.5, 0.6) is 0 Å². The summed E-state index contributed by atoms with van der Waals surface area (Å²) in [7, 11) is -2.18. The van der Waals surface area contributed by atoms with Crippen molar-refractivity contribution in [3.63, 3.8) is 0 Å². The Morgan fingerprint density at radius 3 is 2.25 bits per heavy atom. The fourth-order valence-electron chi connectivity index (χ4n) is 2.07. The first-order valence-electron chi connectivity index (χ1n) is 6.98. The number of halogens is 2. The zero-order valence-corrected chi connectivity index (χ0v) is 15.4. The van der Waals surface area contributed by atoms with Crippen molar-refractivity contribution >= 4 is 44.8 Å². The van der Waals surface area contributed by atoms with E-state index in [1.54, 1.807) is 30.3 Å². The van der Waals surface area contributed by atoms with Crippen molar-refractivity contribution in [3.05, 3.63) is 58.1 Å². The number of nitrogens with one attached hydrogen (secondary N) is 1. The number of hydrogen-bond donors (Lipinski definition) is 1. The van der Waals surface area contributed by atoms with Gasteiger partial charge in [0.05, 0.1) is 14.9 Å². The molecule has 0 atom stereocenters. The lowest BCUT2D eigenvalue weighted by Crippen LogP contribution is -2.26. The summed E-state index contributed by atoms with van der Waals surface area (Å²) in [5, 5.41) is 3.38. The minimum atomic E-state index is -3.66. The van der Waals surface area contributed by atoms with E-state index in [2.05, 4.69) is 5.32 Å². The molecule has 1 amide bonds. The number of carbonyl (C=O) groups excluding carboxylic acids is 1. The number of nitrogens with zero attached hydrogens (tertiary/aromatic N) is 1. The summed E-state index contributed by atoms with van der Waals surface area (Å²) in [6.45, 7) is 1.54. The van der Waals surface area contributed by atoms with Gasteiger partial charge >= 0.3 is 0 Å². The Morgan fingerprint density at radius 2 is 1.71 bits per heavy atom. The molecule has 0 unspecified atom stereocenters. The third-order valence-electron chi connectivity index (χ3n) is 3.27. The van der Waals surface area contributed by atoms with Crippen molar-refractivity contribution in [2.24, 2.45) is 0 Å². The average Bonchev–Trinajstić information content (AvgIpc) is 2.51. The van der Waals surface area contributed by atoms with Crippen LogP contribution in [0.2, 0.25) is 10.0 Å². The lowest BCUT2D eigenvalue weighted by atomic mass is 10.2. The van der Waals surface area contributed by atoms with E-state index >= 15 is 0 Å². The van der Waals surface area contributed by atoms with E-state index < -0.39 is 10.0 Å². The van der Waals surface area contributed by atoms with Crippen LogP contribution in [-0.2, 0) is 21.4 Å². The number of amides is 1. The molecule has 8 heteroatoms. The maximum Gasteiger partial charge on any atom is 0.243 e. The van der Waals surface area contributed by atoms with Gasteiger partial charge in [-0.05, 0) is 42.0 Å². The predicted molar refractivity (Wildman–Crippen MR) is 95.9 cm³/mol. The molecule has 2 rings (SSSR count). The lowest BCUT2D eigenvalue weighted by molar-refractivity contribution is -0.114. The lowest BCUT2D eigenvalue weighted by Gasteiger charge is -2.18. The first kappa shape index (κ1) is 18.7. The van der Waals surface area contributed by atoms with Crippen LogP contribution < -0.4 is 5.32 Å². The highest BCUT2D eigenvalue weighted by atomic mass is 35.5. The van der Waals surface area contributed by atoms with Gasteiger partial charge in [-0.1, -0.05) is 29.3 Å². The van der Waals surface area contributed by atoms with Gasteiger partial charge < -0.3 is 5.32 Å². The molecule has 0 radical (unpaired) electrons. The SMILES string of the molecule is CC(=O)Nc1ccc(S(=O)(=O)N(C)Cc2ccc(Cl)c(Cl)c2)cc1. The molecular weight excluding hydrogens is 371 g/mol. The van der Waals surface area contributed by atoms with Crippen molar-refractivity contribution in [2.75, 3.05) is 12.4 Å². The molecule has 0 aliphatic rings. The first-order chi connectivity index (χ1) is 11.2. The quantitative estimate of drug-likeness (QED) is 0.849. The van der Waals surface area contributed by atoms with Crippen LogP contribution in [0.1, 0.15) is 12.5 Å². The summed E-state index contributed by atoms with van der Waals surface area (Å²) in [6.07, 6.45) is 0. The first-order valence-corrected chi connectivity index (χ1v) is 9.17. The third kappa shape index (κ3) is 4.48. The normalized spacial score (nSPS) is 11.5. The van der Waals surface area contributed by atoms with Gasteiger partial charge in [-0.15, -0.1) is 0 Å². The van der Waals surface area contributed by atoms with Crippen LogP contribution in [0.4, 0.5) is 5.69 Å². The molecule has 24 heavy (non-hydrogen) atoms. The van der Waals surface area contributed by atoms with E-state index in [1.165, 1.54) is 30.4 Å². The van der Waals surface area contributed by atoms with Gasteiger partial charge in [-0.3, -0.25) is 4.79 Å². The number of anilines is 1.